The molecule has 1 aliphatic carbocycles. The van der Waals surface area contributed by atoms with E-state index < -0.39 is 5.97 Å². The highest BCUT2D eigenvalue weighted by molar-refractivity contribution is 9.10. The van der Waals surface area contributed by atoms with E-state index in [1.807, 2.05) is 31.0 Å². The highest BCUT2D eigenvalue weighted by atomic mass is 79.9. The number of benzene rings is 1. The lowest BCUT2D eigenvalue weighted by atomic mass is 9.90. The third kappa shape index (κ3) is 3.46. The van der Waals surface area contributed by atoms with Crippen molar-refractivity contribution in [1.29, 1.82) is 0 Å². The lowest BCUT2D eigenvalue weighted by Crippen LogP contribution is -2.30. The number of likely N-dealkylation sites (N-methyl/N-ethyl adjacent to an activating group) is 1. The van der Waals surface area contributed by atoms with Gasteiger partial charge in [0.05, 0.1) is 23.8 Å². The smallest absolute Gasteiger partial charge is 0.343 e. The van der Waals surface area contributed by atoms with Crippen molar-refractivity contribution in [2.45, 2.75) is 19.9 Å². The van der Waals surface area contributed by atoms with Gasteiger partial charge >= 0.3 is 11.9 Å². The second kappa shape index (κ2) is 7.50. The fourth-order valence-electron chi connectivity index (χ4n) is 3.24. The maximum absolute atomic E-state index is 12.4. The Morgan fingerprint density at radius 2 is 1.88 bits per heavy atom. The van der Waals surface area contributed by atoms with Crippen molar-refractivity contribution in [3.8, 4) is 0 Å². The van der Waals surface area contributed by atoms with Gasteiger partial charge in [0.15, 0.2) is 0 Å². The Hall–Kier alpha value is -2.34. The molecule has 1 heterocycles. The monoisotopic (exact) mass is 417 g/mol. The molecule has 2 unspecified atom stereocenters. The summed E-state index contributed by atoms with van der Waals surface area (Å²) in [6.07, 6.45) is 5.54. The van der Waals surface area contributed by atoms with Gasteiger partial charge in [-0.25, -0.2) is 9.59 Å². The molecule has 6 heteroatoms. The number of carbonyl (C=O) groups is 2. The van der Waals surface area contributed by atoms with Crippen molar-refractivity contribution < 1.29 is 19.1 Å². The summed E-state index contributed by atoms with van der Waals surface area (Å²) in [5, 5.41) is 0. The minimum absolute atomic E-state index is 0.0181. The van der Waals surface area contributed by atoms with Gasteiger partial charge in [-0.1, -0.05) is 22.0 Å². The highest BCUT2D eigenvalue weighted by Gasteiger charge is 2.40. The number of hydrogen-bond donors (Lipinski definition) is 0. The summed E-state index contributed by atoms with van der Waals surface area (Å²) in [5.74, 6) is -0.521. The van der Waals surface area contributed by atoms with Gasteiger partial charge in [0.1, 0.15) is 5.76 Å². The molecule has 136 valence electrons. The van der Waals surface area contributed by atoms with Crippen LogP contribution in [0.3, 0.4) is 0 Å². The molecule has 0 fully saturated rings. The second-order valence-electron chi connectivity index (χ2n) is 6.17. The first-order valence-electron chi connectivity index (χ1n) is 8.41. The molecule has 0 saturated heterocycles. The van der Waals surface area contributed by atoms with E-state index in [9.17, 15) is 9.59 Å². The fraction of sp³-hybridized carbons (Fsp3) is 0.300. The van der Waals surface area contributed by atoms with Gasteiger partial charge in [-0.15, -0.1) is 0 Å². The molecule has 0 radical (unpaired) electrons. The number of allylic oxidation sites excluding steroid dienone is 2. The molecule has 5 nitrogen and oxygen atoms in total. The van der Waals surface area contributed by atoms with E-state index in [1.165, 1.54) is 0 Å². The van der Waals surface area contributed by atoms with Crippen LogP contribution < -0.4 is 0 Å². The predicted octanol–water partition coefficient (Wildman–Crippen LogP) is 3.83. The molecule has 26 heavy (non-hydrogen) atoms. The number of hydrogen-bond acceptors (Lipinski definition) is 5. The van der Waals surface area contributed by atoms with E-state index in [1.54, 1.807) is 37.3 Å². The quantitative estimate of drug-likeness (QED) is 0.696. The Morgan fingerprint density at radius 3 is 2.54 bits per heavy atom. The Kier molecular flexibility index (Phi) is 5.32. The summed E-state index contributed by atoms with van der Waals surface area (Å²) in [7, 11) is 1.94. The van der Waals surface area contributed by atoms with Gasteiger partial charge in [-0.2, -0.15) is 0 Å². The van der Waals surface area contributed by atoms with E-state index in [0.29, 0.717) is 23.5 Å². The lowest BCUT2D eigenvalue weighted by molar-refractivity contribution is -0.138. The number of rotatable bonds is 4. The summed E-state index contributed by atoms with van der Waals surface area (Å²) in [4.78, 5) is 26.7. The van der Waals surface area contributed by atoms with Crippen LogP contribution in [-0.4, -0.2) is 36.5 Å². The van der Waals surface area contributed by atoms with Crippen molar-refractivity contribution in [3.63, 3.8) is 0 Å². The minimum atomic E-state index is -0.434. The zero-order valence-corrected chi connectivity index (χ0v) is 16.4. The predicted molar refractivity (Wildman–Crippen MR) is 101 cm³/mol. The van der Waals surface area contributed by atoms with E-state index in [2.05, 4.69) is 15.9 Å². The molecular weight excluding hydrogens is 398 g/mol. The van der Waals surface area contributed by atoms with Crippen LogP contribution >= 0.6 is 15.9 Å². The third-order valence-electron chi connectivity index (χ3n) is 4.65. The first-order valence-corrected chi connectivity index (χ1v) is 9.20. The number of carbonyl (C=O) groups excluding carboxylic acids is 2. The SMILES string of the molecule is CCOC(=O)C1=C(C)N(C)C2C=CC(OC(=O)c3ccc(Br)cc3)=CC12. The first kappa shape index (κ1) is 18.5. The normalized spacial score (nSPS) is 21.4. The zero-order valence-electron chi connectivity index (χ0n) is 14.9. The van der Waals surface area contributed by atoms with Gasteiger partial charge in [-0.05, 0) is 50.3 Å². The summed E-state index contributed by atoms with van der Waals surface area (Å²) in [6.45, 7) is 4.01. The van der Waals surface area contributed by atoms with Gasteiger partial charge < -0.3 is 14.4 Å². The summed E-state index contributed by atoms with van der Waals surface area (Å²) >= 11 is 3.34. The van der Waals surface area contributed by atoms with E-state index in [4.69, 9.17) is 9.47 Å². The van der Waals surface area contributed by atoms with Crippen LogP contribution in [0.1, 0.15) is 24.2 Å². The Morgan fingerprint density at radius 1 is 1.19 bits per heavy atom. The summed E-state index contributed by atoms with van der Waals surface area (Å²) in [5.41, 5.74) is 1.95. The molecule has 0 amide bonds. The van der Waals surface area contributed by atoms with Crippen molar-refractivity contribution >= 4 is 27.9 Å². The average Bonchev–Trinajstić information content (AvgIpc) is 2.86. The van der Waals surface area contributed by atoms with Crippen LogP contribution in [0.2, 0.25) is 0 Å². The number of esters is 2. The molecule has 0 saturated carbocycles. The zero-order chi connectivity index (χ0) is 18.8. The third-order valence-corrected chi connectivity index (χ3v) is 5.18. The average molecular weight is 418 g/mol. The standard InChI is InChI=1S/C20H20BrNO4/c1-4-25-20(24)18-12(2)22(3)17-10-9-15(11-16(17)18)26-19(23)13-5-7-14(21)8-6-13/h5-11,16-17H,4H2,1-3H3. The molecule has 0 spiro atoms. The summed E-state index contributed by atoms with van der Waals surface area (Å²) < 4.78 is 11.6. The number of halogens is 1. The number of fused-ring (bicyclic) bond motifs is 1. The van der Waals surface area contributed by atoms with Crippen LogP contribution in [0.4, 0.5) is 0 Å². The van der Waals surface area contributed by atoms with Crippen LogP contribution in [0, 0.1) is 5.92 Å². The largest absolute Gasteiger partial charge is 0.463 e. The van der Waals surface area contributed by atoms with Crippen LogP contribution in [0.25, 0.3) is 0 Å². The van der Waals surface area contributed by atoms with Crippen LogP contribution in [0.5, 0.6) is 0 Å². The van der Waals surface area contributed by atoms with Crippen LogP contribution in [0.15, 0.2) is 64.0 Å². The fourth-order valence-corrected chi connectivity index (χ4v) is 3.50. The van der Waals surface area contributed by atoms with Crippen molar-refractivity contribution in [2.24, 2.45) is 5.92 Å². The van der Waals surface area contributed by atoms with E-state index in [-0.39, 0.29) is 17.9 Å². The Bertz CT molecular complexity index is 823. The molecule has 1 aromatic rings. The first-order chi connectivity index (χ1) is 12.4. The van der Waals surface area contributed by atoms with Gasteiger partial charge in [-0.3, -0.25) is 0 Å². The molecule has 2 aliphatic rings. The number of ether oxygens (including phenoxy) is 2. The Balaban J connectivity index is 1.82. The lowest BCUT2D eigenvalue weighted by Gasteiger charge is -2.26. The highest BCUT2D eigenvalue weighted by Crippen LogP contribution is 2.38. The molecule has 1 aliphatic heterocycles. The van der Waals surface area contributed by atoms with Gasteiger partial charge in [0, 0.05) is 23.1 Å². The van der Waals surface area contributed by atoms with Crippen LogP contribution in [-0.2, 0) is 14.3 Å². The minimum Gasteiger partial charge on any atom is -0.463 e. The maximum atomic E-state index is 12.4. The molecular formula is C20H20BrNO4. The van der Waals surface area contributed by atoms with Crippen molar-refractivity contribution in [3.05, 3.63) is 69.6 Å². The van der Waals surface area contributed by atoms with E-state index in [0.717, 1.165) is 10.2 Å². The molecule has 0 N–H and O–H groups in total. The topological polar surface area (TPSA) is 55.8 Å². The molecule has 0 aromatic heterocycles. The van der Waals surface area contributed by atoms with Gasteiger partial charge in [0.2, 0.25) is 0 Å². The molecule has 1 aromatic carbocycles. The Labute approximate surface area is 161 Å². The summed E-state index contributed by atoms with van der Waals surface area (Å²) in [6, 6.07) is 6.98. The molecule has 0 bridgehead atoms. The number of nitrogens with zero attached hydrogens (tertiary/aromatic N) is 1. The molecule has 3 rings (SSSR count). The van der Waals surface area contributed by atoms with Crippen molar-refractivity contribution in [1.82, 2.24) is 4.90 Å². The van der Waals surface area contributed by atoms with Crippen molar-refractivity contribution in [2.75, 3.05) is 13.7 Å². The maximum Gasteiger partial charge on any atom is 0.343 e. The van der Waals surface area contributed by atoms with E-state index >= 15 is 0 Å². The van der Waals surface area contributed by atoms with Gasteiger partial charge in [0.25, 0.3) is 0 Å². The molecule has 2 atom stereocenters. The second-order valence-corrected chi connectivity index (χ2v) is 7.09.